The van der Waals surface area contributed by atoms with Crippen molar-refractivity contribution < 1.29 is 19.0 Å². The maximum absolute atomic E-state index is 13.3. The Balaban J connectivity index is 2.10. The number of hydrogen-bond donors (Lipinski definition) is 1. The molecule has 6 heteroatoms. The third-order valence-electron chi connectivity index (χ3n) is 3.30. The summed E-state index contributed by atoms with van der Waals surface area (Å²) in [7, 11) is 0. The Kier molecular flexibility index (Phi) is 4.66. The van der Waals surface area contributed by atoms with E-state index < -0.39 is 11.8 Å². The van der Waals surface area contributed by atoms with Crippen LogP contribution in [0.4, 0.5) is 4.39 Å². The standard InChI is InChI=1S/C14H15FN2O3/c15-13-2-1-10(5-11(13)7-16)8-17-3-4-20-9-12(17)6-14(18)19/h1-2,5,12H,3-4,6,8-9H2,(H,18,19). The van der Waals surface area contributed by atoms with Gasteiger partial charge in [-0.15, -0.1) is 0 Å². The molecule has 0 saturated carbocycles. The van der Waals surface area contributed by atoms with E-state index in [4.69, 9.17) is 15.1 Å². The van der Waals surface area contributed by atoms with Crippen LogP contribution >= 0.6 is 0 Å². The number of nitrogens with zero attached hydrogens (tertiary/aromatic N) is 2. The van der Waals surface area contributed by atoms with Gasteiger partial charge in [-0.05, 0) is 17.7 Å². The van der Waals surface area contributed by atoms with Crippen LogP contribution in [0, 0.1) is 17.1 Å². The molecule has 20 heavy (non-hydrogen) atoms. The van der Waals surface area contributed by atoms with Crippen LogP contribution < -0.4 is 0 Å². The van der Waals surface area contributed by atoms with Crippen molar-refractivity contribution in [1.29, 1.82) is 5.26 Å². The molecular formula is C14H15FN2O3. The molecule has 1 unspecified atom stereocenters. The minimum atomic E-state index is -0.873. The Morgan fingerprint density at radius 2 is 2.40 bits per heavy atom. The Morgan fingerprint density at radius 1 is 1.60 bits per heavy atom. The lowest BCUT2D eigenvalue weighted by molar-refractivity contribution is -0.140. The lowest BCUT2D eigenvalue weighted by atomic mass is 10.1. The summed E-state index contributed by atoms with van der Waals surface area (Å²) in [5, 5.41) is 17.7. The van der Waals surface area contributed by atoms with Gasteiger partial charge in [-0.25, -0.2) is 4.39 Å². The van der Waals surface area contributed by atoms with Crippen LogP contribution in [0.2, 0.25) is 0 Å². The summed E-state index contributed by atoms with van der Waals surface area (Å²) in [6.45, 7) is 2.02. The molecule has 5 nitrogen and oxygen atoms in total. The zero-order valence-electron chi connectivity index (χ0n) is 10.9. The van der Waals surface area contributed by atoms with Crippen molar-refractivity contribution in [3.63, 3.8) is 0 Å². The minimum Gasteiger partial charge on any atom is -0.481 e. The first-order chi connectivity index (χ1) is 9.60. The second-order valence-electron chi connectivity index (χ2n) is 4.72. The zero-order chi connectivity index (χ0) is 14.5. The summed E-state index contributed by atoms with van der Waals surface area (Å²) >= 11 is 0. The minimum absolute atomic E-state index is 0.00513. The first kappa shape index (κ1) is 14.4. The van der Waals surface area contributed by atoms with Crippen molar-refractivity contribution in [2.75, 3.05) is 19.8 Å². The van der Waals surface area contributed by atoms with Gasteiger partial charge in [-0.2, -0.15) is 5.26 Å². The lowest BCUT2D eigenvalue weighted by Crippen LogP contribution is -2.45. The van der Waals surface area contributed by atoms with E-state index in [-0.39, 0.29) is 18.0 Å². The average molecular weight is 278 g/mol. The Labute approximate surface area is 116 Å². The molecule has 2 rings (SSSR count). The Morgan fingerprint density at radius 3 is 3.10 bits per heavy atom. The number of morpholine rings is 1. The van der Waals surface area contributed by atoms with Crippen molar-refractivity contribution in [1.82, 2.24) is 4.90 Å². The molecule has 1 aliphatic rings. The van der Waals surface area contributed by atoms with E-state index in [9.17, 15) is 9.18 Å². The SMILES string of the molecule is N#Cc1cc(CN2CCOCC2CC(=O)O)ccc1F. The van der Waals surface area contributed by atoms with E-state index >= 15 is 0 Å². The number of benzene rings is 1. The Hall–Kier alpha value is -1.97. The van der Waals surface area contributed by atoms with Crippen molar-refractivity contribution in [2.24, 2.45) is 0 Å². The molecule has 1 aromatic rings. The molecule has 0 aromatic heterocycles. The van der Waals surface area contributed by atoms with Gasteiger partial charge in [0.25, 0.3) is 0 Å². The van der Waals surface area contributed by atoms with Crippen LogP contribution in [0.5, 0.6) is 0 Å². The molecule has 0 spiro atoms. The molecule has 0 amide bonds. The molecule has 1 aliphatic heterocycles. The smallest absolute Gasteiger partial charge is 0.305 e. The number of ether oxygens (including phenoxy) is 1. The maximum atomic E-state index is 13.3. The third kappa shape index (κ3) is 3.53. The zero-order valence-corrected chi connectivity index (χ0v) is 10.9. The number of rotatable bonds is 4. The number of hydrogen-bond acceptors (Lipinski definition) is 4. The van der Waals surface area contributed by atoms with E-state index in [1.165, 1.54) is 12.1 Å². The summed E-state index contributed by atoms with van der Waals surface area (Å²) in [4.78, 5) is 12.8. The molecule has 0 bridgehead atoms. The van der Waals surface area contributed by atoms with Gasteiger partial charge < -0.3 is 9.84 Å². The molecule has 1 aromatic carbocycles. The molecule has 1 saturated heterocycles. The predicted molar refractivity (Wildman–Crippen MR) is 68.4 cm³/mol. The van der Waals surface area contributed by atoms with Gasteiger partial charge in [0.15, 0.2) is 0 Å². The molecule has 1 heterocycles. The van der Waals surface area contributed by atoms with Gasteiger partial charge in [-0.3, -0.25) is 9.69 Å². The molecule has 0 radical (unpaired) electrons. The maximum Gasteiger partial charge on any atom is 0.305 e. The summed E-state index contributed by atoms with van der Waals surface area (Å²) in [6, 6.07) is 5.99. The van der Waals surface area contributed by atoms with Crippen LogP contribution in [0.25, 0.3) is 0 Å². The average Bonchev–Trinajstić information content (AvgIpc) is 2.42. The normalized spacial score (nSPS) is 19.5. The molecular weight excluding hydrogens is 263 g/mol. The van der Waals surface area contributed by atoms with Crippen molar-refractivity contribution in [2.45, 2.75) is 19.0 Å². The highest BCUT2D eigenvalue weighted by atomic mass is 19.1. The lowest BCUT2D eigenvalue weighted by Gasteiger charge is -2.34. The van der Waals surface area contributed by atoms with Crippen molar-refractivity contribution in [3.8, 4) is 6.07 Å². The van der Waals surface area contributed by atoms with Crippen LogP contribution in [-0.4, -0.2) is 41.8 Å². The number of aliphatic carboxylic acids is 1. The number of carboxylic acids is 1. The fourth-order valence-electron chi connectivity index (χ4n) is 2.28. The number of nitriles is 1. The molecule has 1 atom stereocenters. The first-order valence-electron chi connectivity index (χ1n) is 6.32. The third-order valence-corrected chi connectivity index (χ3v) is 3.30. The number of carbonyl (C=O) groups is 1. The van der Waals surface area contributed by atoms with Gasteiger partial charge in [-0.1, -0.05) is 6.07 Å². The first-order valence-corrected chi connectivity index (χ1v) is 6.32. The van der Waals surface area contributed by atoms with E-state index in [0.29, 0.717) is 26.3 Å². The van der Waals surface area contributed by atoms with E-state index in [1.54, 1.807) is 12.1 Å². The summed E-state index contributed by atoms with van der Waals surface area (Å²) < 4.78 is 18.6. The van der Waals surface area contributed by atoms with Crippen molar-refractivity contribution >= 4 is 5.97 Å². The Bertz CT molecular complexity index is 542. The fraction of sp³-hybridized carbons (Fsp3) is 0.429. The fourth-order valence-corrected chi connectivity index (χ4v) is 2.28. The van der Waals surface area contributed by atoms with Crippen LogP contribution in [0.15, 0.2) is 18.2 Å². The van der Waals surface area contributed by atoms with Gasteiger partial charge in [0, 0.05) is 19.1 Å². The summed E-state index contributed by atoms with van der Waals surface area (Å²) in [5.74, 6) is -1.41. The van der Waals surface area contributed by atoms with E-state index in [1.807, 2.05) is 4.90 Å². The largest absolute Gasteiger partial charge is 0.481 e. The second kappa shape index (κ2) is 6.46. The van der Waals surface area contributed by atoms with Crippen LogP contribution in [-0.2, 0) is 16.1 Å². The number of halogens is 1. The highest BCUT2D eigenvalue weighted by Crippen LogP contribution is 2.17. The molecule has 106 valence electrons. The summed E-state index contributed by atoms with van der Waals surface area (Å²) in [6.07, 6.45) is 0.00625. The van der Waals surface area contributed by atoms with Gasteiger partial charge in [0.2, 0.25) is 0 Å². The predicted octanol–water partition coefficient (Wildman–Crippen LogP) is 1.37. The van der Waals surface area contributed by atoms with E-state index in [2.05, 4.69) is 0 Å². The van der Waals surface area contributed by atoms with Crippen LogP contribution in [0.1, 0.15) is 17.5 Å². The molecule has 0 aliphatic carbocycles. The van der Waals surface area contributed by atoms with Crippen LogP contribution in [0.3, 0.4) is 0 Å². The number of carboxylic acid groups (broad SMARTS) is 1. The van der Waals surface area contributed by atoms with Crippen molar-refractivity contribution in [3.05, 3.63) is 35.1 Å². The monoisotopic (exact) mass is 278 g/mol. The highest BCUT2D eigenvalue weighted by molar-refractivity contribution is 5.67. The topological polar surface area (TPSA) is 73.6 Å². The highest BCUT2D eigenvalue weighted by Gasteiger charge is 2.25. The van der Waals surface area contributed by atoms with Gasteiger partial charge in [0.1, 0.15) is 11.9 Å². The van der Waals surface area contributed by atoms with Gasteiger partial charge >= 0.3 is 5.97 Å². The second-order valence-corrected chi connectivity index (χ2v) is 4.72. The molecule has 1 fully saturated rings. The van der Waals surface area contributed by atoms with E-state index in [0.717, 1.165) is 5.56 Å². The van der Waals surface area contributed by atoms with Gasteiger partial charge in [0.05, 0.1) is 25.2 Å². The summed E-state index contributed by atoms with van der Waals surface area (Å²) in [5.41, 5.74) is 0.797. The molecule has 1 N–H and O–H groups in total. The quantitative estimate of drug-likeness (QED) is 0.900.